The molecule has 1 saturated heterocycles. The molecule has 26 heavy (non-hydrogen) atoms. The van der Waals surface area contributed by atoms with Gasteiger partial charge in [0, 0.05) is 30.7 Å². The molecule has 142 valence electrons. The van der Waals surface area contributed by atoms with Gasteiger partial charge in [-0.2, -0.15) is 0 Å². The molecule has 0 bridgehead atoms. The van der Waals surface area contributed by atoms with E-state index in [-0.39, 0.29) is 29.8 Å². The third-order valence-corrected chi connectivity index (χ3v) is 5.77. The fourth-order valence-corrected chi connectivity index (χ4v) is 3.46. The predicted octanol–water partition coefficient (Wildman–Crippen LogP) is 2.34. The van der Waals surface area contributed by atoms with Crippen molar-refractivity contribution in [3.8, 4) is 0 Å². The first-order valence-electron chi connectivity index (χ1n) is 8.76. The molecule has 1 aromatic carbocycles. The summed E-state index contributed by atoms with van der Waals surface area (Å²) in [5.74, 6) is -0.770. The summed E-state index contributed by atoms with van der Waals surface area (Å²) in [5, 5.41) is 10.3. The fourth-order valence-electron chi connectivity index (χ4n) is 3.28. The van der Waals surface area contributed by atoms with E-state index in [4.69, 9.17) is 11.6 Å². The van der Waals surface area contributed by atoms with Crippen LogP contribution in [-0.4, -0.2) is 58.5 Å². The van der Waals surface area contributed by atoms with Crippen LogP contribution in [0.25, 0.3) is 0 Å². The summed E-state index contributed by atoms with van der Waals surface area (Å²) in [6, 6.07) is 4.13. The van der Waals surface area contributed by atoms with Crippen molar-refractivity contribution in [3.05, 3.63) is 34.6 Å². The number of hydrogen-bond acceptors (Lipinski definition) is 3. The molecule has 1 saturated carbocycles. The van der Waals surface area contributed by atoms with E-state index in [0.29, 0.717) is 31.0 Å². The van der Waals surface area contributed by atoms with Crippen LogP contribution in [0.1, 0.15) is 38.7 Å². The lowest BCUT2D eigenvalue weighted by molar-refractivity contribution is -0.149. The summed E-state index contributed by atoms with van der Waals surface area (Å²) in [5.41, 5.74) is -1.61. The summed E-state index contributed by atoms with van der Waals surface area (Å²) in [6.45, 7) is 4.17. The molecule has 2 aliphatic rings. The zero-order chi connectivity index (χ0) is 19.3. The Bertz CT molecular complexity index is 742. The number of nitrogens with zero attached hydrogens (tertiary/aromatic N) is 2. The Hall–Kier alpha value is -1.66. The average molecular weight is 383 g/mol. The van der Waals surface area contributed by atoms with E-state index in [1.54, 1.807) is 30.7 Å². The van der Waals surface area contributed by atoms with Gasteiger partial charge in [0.2, 0.25) is 11.8 Å². The van der Waals surface area contributed by atoms with Gasteiger partial charge in [0.1, 0.15) is 5.82 Å². The topological polar surface area (TPSA) is 60.9 Å². The number of rotatable bonds is 5. The highest BCUT2D eigenvalue weighted by molar-refractivity contribution is 6.30. The van der Waals surface area contributed by atoms with Crippen LogP contribution in [-0.2, 0) is 15.0 Å². The van der Waals surface area contributed by atoms with Gasteiger partial charge in [0.15, 0.2) is 0 Å². The summed E-state index contributed by atoms with van der Waals surface area (Å²) in [4.78, 5) is 28.3. The minimum atomic E-state index is -1.05. The van der Waals surface area contributed by atoms with E-state index in [9.17, 15) is 19.1 Å². The van der Waals surface area contributed by atoms with Crippen molar-refractivity contribution in [2.45, 2.75) is 50.2 Å². The van der Waals surface area contributed by atoms with E-state index < -0.39 is 16.8 Å². The molecule has 1 aliphatic heterocycles. The predicted molar refractivity (Wildman–Crippen MR) is 96.4 cm³/mol. The second kappa shape index (κ2) is 6.50. The van der Waals surface area contributed by atoms with Crippen LogP contribution in [0.3, 0.4) is 0 Å². The molecular formula is C19H24ClFN2O3. The first-order chi connectivity index (χ1) is 12.0. The second-order valence-electron chi connectivity index (χ2n) is 8.02. The Morgan fingerprint density at radius 2 is 2.00 bits per heavy atom. The van der Waals surface area contributed by atoms with Gasteiger partial charge in [-0.15, -0.1) is 0 Å². The van der Waals surface area contributed by atoms with Crippen LogP contribution >= 0.6 is 11.6 Å². The van der Waals surface area contributed by atoms with Gasteiger partial charge in [-0.3, -0.25) is 9.59 Å². The number of likely N-dealkylation sites (N-methyl/N-ethyl adjacent to an activating group) is 1. The van der Waals surface area contributed by atoms with Gasteiger partial charge in [0.05, 0.1) is 23.5 Å². The van der Waals surface area contributed by atoms with Gasteiger partial charge in [-0.1, -0.05) is 11.6 Å². The molecule has 2 fully saturated rings. The zero-order valence-electron chi connectivity index (χ0n) is 15.3. The van der Waals surface area contributed by atoms with Gasteiger partial charge < -0.3 is 14.9 Å². The summed E-state index contributed by atoms with van der Waals surface area (Å²) < 4.78 is 14.2. The third kappa shape index (κ3) is 3.58. The molecule has 2 amide bonds. The third-order valence-electron chi connectivity index (χ3n) is 5.53. The molecular weight excluding hydrogens is 359 g/mol. The number of carbonyl (C=O) groups is 2. The van der Waals surface area contributed by atoms with Crippen LogP contribution in [0.4, 0.5) is 4.39 Å². The van der Waals surface area contributed by atoms with Crippen molar-refractivity contribution < 1.29 is 19.1 Å². The number of hydrogen-bond donors (Lipinski definition) is 1. The van der Waals surface area contributed by atoms with Crippen LogP contribution in [0, 0.1) is 5.82 Å². The molecule has 5 nitrogen and oxygen atoms in total. The molecule has 0 unspecified atom stereocenters. The molecule has 1 heterocycles. The molecule has 1 aromatic rings. The Kier molecular flexibility index (Phi) is 4.78. The lowest BCUT2D eigenvalue weighted by Gasteiger charge is -2.46. The van der Waals surface area contributed by atoms with Crippen molar-refractivity contribution >= 4 is 23.4 Å². The first-order valence-corrected chi connectivity index (χ1v) is 9.14. The van der Waals surface area contributed by atoms with Crippen molar-refractivity contribution in [1.82, 2.24) is 9.80 Å². The molecule has 1 aliphatic carbocycles. The highest BCUT2D eigenvalue weighted by atomic mass is 35.5. The quantitative estimate of drug-likeness (QED) is 0.850. The van der Waals surface area contributed by atoms with Crippen molar-refractivity contribution in [3.63, 3.8) is 0 Å². The van der Waals surface area contributed by atoms with E-state index in [0.717, 1.165) is 0 Å². The average Bonchev–Trinajstić information content (AvgIpc) is 3.24. The molecule has 0 aromatic heterocycles. The van der Waals surface area contributed by atoms with Crippen LogP contribution < -0.4 is 0 Å². The van der Waals surface area contributed by atoms with Crippen molar-refractivity contribution in [1.29, 1.82) is 0 Å². The molecule has 0 spiro atoms. The van der Waals surface area contributed by atoms with E-state index in [2.05, 4.69) is 0 Å². The molecule has 3 rings (SSSR count). The smallest absolute Gasteiger partial charge is 0.232 e. The Morgan fingerprint density at radius 3 is 2.58 bits per heavy atom. The van der Waals surface area contributed by atoms with E-state index in [1.807, 2.05) is 0 Å². The van der Waals surface area contributed by atoms with Crippen LogP contribution in [0.15, 0.2) is 18.2 Å². The minimum Gasteiger partial charge on any atom is -0.389 e. The van der Waals surface area contributed by atoms with Gasteiger partial charge in [0.25, 0.3) is 0 Å². The second-order valence-corrected chi connectivity index (χ2v) is 8.46. The van der Waals surface area contributed by atoms with Gasteiger partial charge >= 0.3 is 0 Å². The fraction of sp³-hybridized carbons (Fsp3) is 0.579. The maximum atomic E-state index is 14.2. The number of aliphatic hydroxyl groups is 1. The first kappa shape index (κ1) is 19.1. The number of amides is 2. The van der Waals surface area contributed by atoms with Gasteiger partial charge in [-0.05, 0) is 44.9 Å². The zero-order valence-corrected chi connectivity index (χ0v) is 16.0. The molecule has 1 N–H and O–H groups in total. The Balaban J connectivity index is 1.61. The molecule has 7 heteroatoms. The van der Waals surface area contributed by atoms with E-state index in [1.165, 1.54) is 18.2 Å². The lowest BCUT2D eigenvalue weighted by atomic mass is 9.81. The Morgan fingerprint density at radius 1 is 1.38 bits per heavy atom. The maximum absolute atomic E-state index is 14.2. The van der Waals surface area contributed by atoms with Gasteiger partial charge in [-0.25, -0.2) is 4.39 Å². The van der Waals surface area contributed by atoms with Crippen LogP contribution in [0.2, 0.25) is 5.02 Å². The van der Waals surface area contributed by atoms with Crippen molar-refractivity contribution in [2.24, 2.45) is 0 Å². The number of carbonyl (C=O) groups excluding carboxylic acids is 2. The number of likely N-dealkylation sites (tertiary alicyclic amines) is 1. The normalized spacial score (nSPS) is 19.1. The summed E-state index contributed by atoms with van der Waals surface area (Å²) in [6.07, 6.45) is 1.47. The van der Waals surface area contributed by atoms with Crippen LogP contribution in [0.5, 0.6) is 0 Å². The minimum absolute atomic E-state index is 0.0752. The molecule has 0 atom stereocenters. The highest BCUT2D eigenvalue weighted by Gasteiger charge is 2.46. The number of benzene rings is 1. The summed E-state index contributed by atoms with van der Waals surface area (Å²) in [7, 11) is 1.70. The largest absolute Gasteiger partial charge is 0.389 e. The standard InChI is InChI=1S/C19H24ClFN2O3/c1-18(2,14-8-12(20)4-5-15(14)21)17(25)23-10-13(11-23)22(3)16(24)9-19(26)6-7-19/h4-5,8,13,26H,6-7,9-11H2,1-3H3. The number of halogens is 2. The summed E-state index contributed by atoms with van der Waals surface area (Å²) >= 11 is 5.96. The Labute approximate surface area is 157 Å². The highest BCUT2D eigenvalue weighted by Crippen LogP contribution is 2.39. The maximum Gasteiger partial charge on any atom is 0.232 e. The van der Waals surface area contributed by atoms with Crippen molar-refractivity contribution in [2.75, 3.05) is 20.1 Å². The monoisotopic (exact) mass is 382 g/mol. The lowest BCUT2D eigenvalue weighted by Crippen LogP contribution is -2.64. The molecule has 0 radical (unpaired) electrons. The SMILES string of the molecule is CN(C(=O)CC1(O)CC1)C1CN(C(=O)C(C)(C)c2cc(Cl)ccc2F)C1. The van der Waals surface area contributed by atoms with E-state index >= 15 is 0 Å².